The third kappa shape index (κ3) is 4.19. The van der Waals surface area contributed by atoms with Crippen molar-refractivity contribution in [2.75, 3.05) is 27.9 Å². The zero-order valence-corrected chi connectivity index (χ0v) is 16.4. The number of ether oxygens (including phenoxy) is 3. The van der Waals surface area contributed by atoms with Crippen LogP contribution in [0.4, 0.5) is 0 Å². The van der Waals surface area contributed by atoms with Crippen molar-refractivity contribution >= 4 is 16.9 Å². The highest BCUT2D eigenvalue weighted by atomic mass is 16.5. The lowest BCUT2D eigenvalue weighted by Crippen LogP contribution is -2.27. The molecule has 7 heteroatoms. The van der Waals surface area contributed by atoms with E-state index in [2.05, 4.69) is 14.9 Å². The van der Waals surface area contributed by atoms with Crippen molar-refractivity contribution in [3.8, 4) is 17.2 Å². The number of para-hydroxylation sites is 2. The van der Waals surface area contributed by atoms with Crippen LogP contribution >= 0.6 is 0 Å². The molecule has 3 aromatic rings. The van der Waals surface area contributed by atoms with Gasteiger partial charge in [0.25, 0.3) is 0 Å². The maximum atomic E-state index is 12.4. The minimum atomic E-state index is -0.0685. The maximum Gasteiger partial charge on any atom is 0.224 e. The van der Waals surface area contributed by atoms with Crippen LogP contribution in [0.5, 0.6) is 17.2 Å². The second-order valence-electron chi connectivity index (χ2n) is 6.30. The van der Waals surface area contributed by atoms with Crippen molar-refractivity contribution in [3.63, 3.8) is 0 Å². The summed E-state index contributed by atoms with van der Waals surface area (Å²) in [5.41, 5.74) is 2.83. The van der Waals surface area contributed by atoms with Gasteiger partial charge in [0.2, 0.25) is 11.7 Å². The van der Waals surface area contributed by atoms with Crippen molar-refractivity contribution in [2.24, 2.45) is 0 Å². The molecule has 0 saturated heterocycles. The van der Waals surface area contributed by atoms with Gasteiger partial charge in [-0.25, -0.2) is 4.98 Å². The van der Waals surface area contributed by atoms with Crippen molar-refractivity contribution in [2.45, 2.75) is 19.4 Å². The molecule has 0 spiro atoms. The van der Waals surface area contributed by atoms with Gasteiger partial charge in [0.1, 0.15) is 0 Å². The topological polar surface area (TPSA) is 74.6 Å². The minimum Gasteiger partial charge on any atom is -0.493 e. The van der Waals surface area contributed by atoms with E-state index in [1.165, 1.54) is 0 Å². The Morgan fingerprint density at radius 2 is 1.82 bits per heavy atom. The molecule has 0 saturated carbocycles. The van der Waals surface area contributed by atoms with Crippen LogP contribution < -0.4 is 19.5 Å². The Hall–Kier alpha value is -3.22. The van der Waals surface area contributed by atoms with E-state index in [-0.39, 0.29) is 12.3 Å². The van der Waals surface area contributed by atoms with Crippen LogP contribution in [-0.4, -0.2) is 43.3 Å². The van der Waals surface area contributed by atoms with Crippen molar-refractivity contribution in [1.29, 1.82) is 0 Å². The molecule has 2 aromatic carbocycles. The number of fused-ring (bicyclic) bond motifs is 1. The SMILES string of the molecule is COc1ccc(CC(=O)NCCCn2cnc3ccccc32)c(OC)c1OC. The molecule has 148 valence electrons. The Kier molecular flexibility index (Phi) is 6.37. The van der Waals surface area contributed by atoms with E-state index in [0.29, 0.717) is 23.8 Å². The molecule has 1 aromatic heterocycles. The molecule has 0 bridgehead atoms. The lowest BCUT2D eigenvalue weighted by Gasteiger charge is -2.15. The van der Waals surface area contributed by atoms with E-state index in [9.17, 15) is 4.79 Å². The minimum absolute atomic E-state index is 0.0685. The van der Waals surface area contributed by atoms with Gasteiger partial charge in [-0.1, -0.05) is 18.2 Å². The number of benzene rings is 2. The first-order valence-corrected chi connectivity index (χ1v) is 9.12. The van der Waals surface area contributed by atoms with Crippen LogP contribution in [0.3, 0.4) is 0 Å². The molecule has 3 rings (SSSR count). The summed E-state index contributed by atoms with van der Waals surface area (Å²) in [5.74, 6) is 1.50. The van der Waals surface area contributed by atoms with Crippen LogP contribution in [0.15, 0.2) is 42.7 Å². The third-order valence-electron chi connectivity index (χ3n) is 4.56. The van der Waals surface area contributed by atoms with Gasteiger partial charge < -0.3 is 24.1 Å². The predicted molar refractivity (Wildman–Crippen MR) is 107 cm³/mol. The molecule has 0 radical (unpaired) electrons. The fourth-order valence-corrected chi connectivity index (χ4v) is 3.20. The molecule has 0 aliphatic rings. The van der Waals surface area contributed by atoms with Gasteiger partial charge in [-0.3, -0.25) is 4.79 Å². The first-order chi connectivity index (χ1) is 13.7. The number of imidazole rings is 1. The number of methoxy groups -OCH3 is 3. The predicted octanol–water partition coefficient (Wildman–Crippen LogP) is 2.81. The number of nitrogens with one attached hydrogen (secondary N) is 1. The second kappa shape index (κ2) is 9.12. The number of amides is 1. The quantitative estimate of drug-likeness (QED) is 0.575. The summed E-state index contributed by atoms with van der Waals surface area (Å²) in [5, 5.41) is 2.96. The summed E-state index contributed by atoms with van der Waals surface area (Å²) in [7, 11) is 4.66. The summed E-state index contributed by atoms with van der Waals surface area (Å²) in [6.07, 6.45) is 2.85. The molecule has 7 nitrogen and oxygen atoms in total. The van der Waals surface area contributed by atoms with Gasteiger partial charge in [-0.05, 0) is 24.6 Å². The lowest BCUT2D eigenvalue weighted by atomic mass is 10.1. The molecular weight excluding hydrogens is 358 g/mol. The number of aromatic nitrogens is 2. The van der Waals surface area contributed by atoms with E-state index < -0.39 is 0 Å². The molecule has 1 heterocycles. The monoisotopic (exact) mass is 383 g/mol. The molecule has 0 aliphatic carbocycles. The number of nitrogens with zero attached hydrogens (tertiary/aromatic N) is 2. The number of hydrogen-bond acceptors (Lipinski definition) is 5. The van der Waals surface area contributed by atoms with Gasteiger partial charge in [-0.2, -0.15) is 0 Å². The molecule has 0 aliphatic heterocycles. The van der Waals surface area contributed by atoms with E-state index in [4.69, 9.17) is 14.2 Å². The third-order valence-corrected chi connectivity index (χ3v) is 4.56. The Morgan fingerprint density at radius 3 is 2.57 bits per heavy atom. The first kappa shape index (κ1) is 19.5. The summed E-state index contributed by atoms with van der Waals surface area (Å²) in [6.45, 7) is 1.38. The summed E-state index contributed by atoms with van der Waals surface area (Å²) >= 11 is 0. The van der Waals surface area contributed by atoms with E-state index in [1.807, 2.05) is 36.7 Å². The van der Waals surface area contributed by atoms with E-state index >= 15 is 0 Å². The molecule has 1 amide bonds. The molecule has 0 atom stereocenters. The summed E-state index contributed by atoms with van der Waals surface area (Å²) in [4.78, 5) is 16.7. The lowest BCUT2D eigenvalue weighted by molar-refractivity contribution is -0.120. The van der Waals surface area contributed by atoms with Crippen LogP contribution in [0.25, 0.3) is 11.0 Å². The smallest absolute Gasteiger partial charge is 0.224 e. The zero-order chi connectivity index (χ0) is 19.9. The normalized spacial score (nSPS) is 10.7. The van der Waals surface area contributed by atoms with Crippen LogP contribution in [0, 0.1) is 0 Å². The van der Waals surface area contributed by atoms with Crippen LogP contribution in [0.2, 0.25) is 0 Å². The number of hydrogen-bond donors (Lipinski definition) is 1. The van der Waals surface area contributed by atoms with Crippen LogP contribution in [-0.2, 0) is 17.8 Å². The van der Waals surface area contributed by atoms with Crippen molar-refractivity contribution < 1.29 is 19.0 Å². The Bertz CT molecular complexity index is 952. The van der Waals surface area contributed by atoms with Crippen molar-refractivity contribution in [1.82, 2.24) is 14.9 Å². The molecule has 0 unspecified atom stereocenters. The average Bonchev–Trinajstić information content (AvgIpc) is 3.13. The molecule has 1 N–H and O–H groups in total. The highest BCUT2D eigenvalue weighted by Gasteiger charge is 2.17. The number of carbonyl (C=O) groups is 1. The Balaban J connectivity index is 1.54. The van der Waals surface area contributed by atoms with E-state index in [0.717, 1.165) is 29.6 Å². The van der Waals surface area contributed by atoms with E-state index in [1.54, 1.807) is 27.4 Å². The number of aryl methyl sites for hydroxylation is 1. The highest BCUT2D eigenvalue weighted by Crippen LogP contribution is 2.39. The molecule has 28 heavy (non-hydrogen) atoms. The van der Waals surface area contributed by atoms with Gasteiger partial charge in [0.15, 0.2) is 11.5 Å². The maximum absolute atomic E-state index is 12.4. The van der Waals surface area contributed by atoms with Crippen molar-refractivity contribution in [3.05, 3.63) is 48.3 Å². The highest BCUT2D eigenvalue weighted by molar-refractivity contribution is 5.80. The van der Waals surface area contributed by atoms with Gasteiger partial charge in [0.05, 0.1) is 45.1 Å². The Morgan fingerprint density at radius 1 is 1.04 bits per heavy atom. The number of carbonyl (C=O) groups excluding carboxylic acids is 1. The fraction of sp³-hybridized carbons (Fsp3) is 0.333. The molecule has 0 fully saturated rings. The number of rotatable bonds is 9. The standard InChI is InChI=1S/C21H25N3O4/c1-26-18-10-9-15(20(27-2)21(18)28-3)13-19(25)22-11-6-12-24-14-23-16-7-4-5-8-17(16)24/h4-5,7-10,14H,6,11-13H2,1-3H3,(H,22,25). The van der Waals surface area contributed by atoms with Gasteiger partial charge in [0, 0.05) is 18.7 Å². The van der Waals surface area contributed by atoms with Gasteiger partial charge in [-0.15, -0.1) is 0 Å². The van der Waals surface area contributed by atoms with Crippen LogP contribution in [0.1, 0.15) is 12.0 Å². The average molecular weight is 383 g/mol. The Labute approximate surface area is 164 Å². The second-order valence-corrected chi connectivity index (χ2v) is 6.30. The first-order valence-electron chi connectivity index (χ1n) is 9.12. The fourth-order valence-electron chi connectivity index (χ4n) is 3.20. The zero-order valence-electron chi connectivity index (χ0n) is 16.4. The summed E-state index contributed by atoms with van der Waals surface area (Å²) in [6, 6.07) is 11.6. The van der Waals surface area contributed by atoms with Gasteiger partial charge >= 0.3 is 0 Å². The molecular formula is C21H25N3O4. The largest absolute Gasteiger partial charge is 0.493 e. The summed E-state index contributed by atoms with van der Waals surface area (Å²) < 4.78 is 18.2.